The maximum atomic E-state index is 13.6. The number of aromatic nitrogens is 3. The first-order valence-corrected chi connectivity index (χ1v) is 10.2. The molecule has 146 valence electrons. The number of nitrogens with one attached hydrogen (secondary N) is 1. The van der Waals surface area contributed by atoms with E-state index in [1.807, 2.05) is 42.1 Å². The second-order valence-corrected chi connectivity index (χ2v) is 8.67. The molecule has 0 spiro atoms. The van der Waals surface area contributed by atoms with Crippen molar-refractivity contribution < 1.29 is 9.59 Å². The Morgan fingerprint density at radius 2 is 2.14 bits per heavy atom. The van der Waals surface area contributed by atoms with Gasteiger partial charge >= 0.3 is 0 Å². The van der Waals surface area contributed by atoms with E-state index in [0.29, 0.717) is 29.7 Å². The molecule has 28 heavy (non-hydrogen) atoms. The van der Waals surface area contributed by atoms with E-state index in [9.17, 15) is 9.59 Å². The molecule has 0 bridgehead atoms. The van der Waals surface area contributed by atoms with Crippen molar-refractivity contribution in [3.8, 4) is 10.6 Å². The number of hydrogen-bond acceptors (Lipinski definition) is 5. The number of amides is 2. The van der Waals surface area contributed by atoms with Crippen LogP contribution in [0.1, 0.15) is 44.1 Å². The van der Waals surface area contributed by atoms with E-state index in [1.165, 1.54) is 0 Å². The fraction of sp³-hybridized carbons (Fsp3) is 0.400. The number of fused-ring (bicyclic) bond motifs is 1. The largest absolute Gasteiger partial charge is 0.352 e. The third-order valence-corrected chi connectivity index (χ3v) is 6.05. The van der Waals surface area contributed by atoms with Crippen LogP contribution in [0.2, 0.25) is 0 Å². The molecule has 7 nitrogen and oxygen atoms in total. The van der Waals surface area contributed by atoms with Gasteiger partial charge in [-0.1, -0.05) is 6.07 Å². The number of carbonyl (C=O) groups excluding carboxylic acids is 2. The Bertz CT molecular complexity index is 1050. The zero-order chi connectivity index (χ0) is 20.1. The Morgan fingerprint density at radius 3 is 2.82 bits per heavy atom. The third-order valence-electron chi connectivity index (χ3n) is 5.16. The Hall–Kier alpha value is -2.74. The van der Waals surface area contributed by atoms with E-state index in [0.717, 1.165) is 10.6 Å². The van der Waals surface area contributed by atoms with Gasteiger partial charge in [-0.2, -0.15) is 5.10 Å². The van der Waals surface area contributed by atoms with Crippen molar-refractivity contribution in [1.82, 2.24) is 25.0 Å². The van der Waals surface area contributed by atoms with E-state index in [-0.39, 0.29) is 17.9 Å². The Balaban J connectivity index is 1.90. The molecule has 4 heterocycles. The van der Waals surface area contributed by atoms with Gasteiger partial charge in [0.1, 0.15) is 5.54 Å². The molecule has 0 saturated carbocycles. The van der Waals surface area contributed by atoms with Crippen molar-refractivity contribution in [2.75, 3.05) is 13.1 Å². The summed E-state index contributed by atoms with van der Waals surface area (Å²) in [6, 6.07) is 5.89. The fourth-order valence-corrected chi connectivity index (χ4v) is 4.21. The van der Waals surface area contributed by atoms with Crippen LogP contribution in [0.3, 0.4) is 0 Å². The van der Waals surface area contributed by atoms with Crippen molar-refractivity contribution in [3.63, 3.8) is 0 Å². The predicted molar refractivity (Wildman–Crippen MR) is 109 cm³/mol. The van der Waals surface area contributed by atoms with Crippen LogP contribution in [0.5, 0.6) is 0 Å². The first-order valence-electron chi connectivity index (χ1n) is 9.33. The van der Waals surface area contributed by atoms with Crippen LogP contribution in [0, 0.1) is 0 Å². The minimum Gasteiger partial charge on any atom is -0.352 e. The van der Waals surface area contributed by atoms with Crippen molar-refractivity contribution >= 4 is 34.2 Å². The second-order valence-electron chi connectivity index (χ2n) is 7.72. The molecule has 1 aliphatic rings. The van der Waals surface area contributed by atoms with Crippen molar-refractivity contribution in [3.05, 3.63) is 35.3 Å². The smallest absolute Gasteiger partial charge is 0.255 e. The monoisotopic (exact) mass is 397 g/mol. The Kier molecular flexibility index (Phi) is 4.45. The van der Waals surface area contributed by atoms with Crippen molar-refractivity contribution in [2.24, 2.45) is 0 Å². The highest BCUT2D eigenvalue weighted by atomic mass is 32.1. The summed E-state index contributed by atoms with van der Waals surface area (Å²) in [5, 5.41) is 10.00. The molecule has 2 amide bonds. The van der Waals surface area contributed by atoms with Gasteiger partial charge in [0, 0.05) is 19.1 Å². The van der Waals surface area contributed by atoms with Gasteiger partial charge in [0.05, 0.1) is 27.7 Å². The first-order chi connectivity index (χ1) is 13.3. The summed E-state index contributed by atoms with van der Waals surface area (Å²) in [7, 11) is 0. The van der Waals surface area contributed by atoms with Crippen LogP contribution < -0.4 is 5.32 Å². The van der Waals surface area contributed by atoms with Gasteiger partial charge in [-0.15, -0.1) is 11.3 Å². The van der Waals surface area contributed by atoms with Gasteiger partial charge in [0.15, 0.2) is 5.65 Å². The van der Waals surface area contributed by atoms with Crippen molar-refractivity contribution in [1.29, 1.82) is 0 Å². The molecule has 4 rings (SSSR count). The normalized spacial score (nSPS) is 16.6. The van der Waals surface area contributed by atoms with Crippen LogP contribution in [0.15, 0.2) is 29.8 Å². The molecule has 3 aromatic heterocycles. The predicted octanol–water partition coefficient (Wildman–Crippen LogP) is 3.09. The number of nitrogens with zero attached hydrogens (tertiary/aromatic N) is 4. The maximum Gasteiger partial charge on any atom is 0.255 e. The molecule has 3 aromatic rings. The van der Waals surface area contributed by atoms with Crippen LogP contribution in [0.25, 0.3) is 21.6 Å². The van der Waals surface area contributed by atoms with E-state index in [2.05, 4.69) is 10.4 Å². The SMILES string of the molecule is CC(C)n1ncc2c(C(=O)N3CCNC(=O)C3(C)C)cc(-c3cccs3)nc21. The molecular weight excluding hydrogens is 374 g/mol. The summed E-state index contributed by atoms with van der Waals surface area (Å²) in [6.07, 6.45) is 1.70. The minimum atomic E-state index is -0.915. The van der Waals surface area contributed by atoms with Gasteiger partial charge in [-0.05, 0) is 45.2 Å². The standard InChI is InChI=1S/C20H23N5O2S/c1-12(2)25-17-14(11-22-25)13(10-15(23-17)16-6-5-9-28-16)18(26)24-8-7-21-19(27)20(24,3)4/h5-6,9-12H,7-8H2,1-4H3,(H,21,27). The third kappa shape index (κ3) is 2.88. The Labute approximate surface area is 167 Å². The fourth-order valence-electron chi connectivity index (χ4n) is 3.52. The van der Waals surface area contributed by atoms with Gasteiger partial charge in [0.2, 0.25) is 5.91 Å². The molecule has 1 fully saturated rings. The highest BCUT2D eigenvalue weighted by molar-refractivity contribution is 7.13. The zero-order valence-electron chi connectivity index (χ0n) is 16.4. The van der Waals surface area contributed by atoms with Gasteiger partial charge < -0.3 is 10.2 Å². The average molecular weight is 398 g/mol. The van der Waals surface area contributed by atoms with E-state index < -0.39 is 5.54 Å². The number of rotatable bonds is 3. The van der Waals surface area contributed by atoms with Gasteiger partial charge in [0.25, 0.3) is 5.91 Å². The topological polar surface area (TPSA) is 80.1 Å². The lowest BCUT2D eigenvalue weighted by Crippen LogP contribution is -2.63. The molecule has 0 aliphatic carbocycles. The van der Waals surface area contributed by atoms with E-state index >= 15 is 0 Å². The molecule has 8 heteroatoms. The summed E-state index contributed by atoms with van der Waals surface area (Å²) in [5.74, 6) is -0.317. The van der Waals surface area contributed by atoms with Crippen LogP contribution in [-0.4, -0.2) is 50.1 Å². The maximum absolute atomic E-state index is 13.6. The lowest BCUT2D eigenvalue weighted by Gasteiger charge is -2.41. The van der Waals surface area contributed by atoms with Gasteiger partial charge in [-0.25, -0.2) is 9.67 Å². The number of piperazine rings is 1. The van der Waals surface area contributed by atoms with Crippen LogP contribution in [-0.2, 0) is 4.79 Å². The quantitative estimate of drug-likeness (QED) is 0.736. The van der Waals surface area contributed by atoms with E-state index in [1.54, 1.807) is 36.3 Å². The molecule has 1 saturated heterocycles. The van der Waals surface area contributed by atoms with Crippen LogP contribution >= 0.6 is 11.3 Å². The molecule has 0 atom stereocenters. The van der Waals surface area contributed by atoms with Gasteiger partial charge in [-0.3, -0.25) is 9.59 Å². The molecule has 0 unspecified atom stereocenters. The van der Waals surface area contributed by atoms with E-state index in [4.69, 9.17) is 4.98 Å². The minimum absolute atomic E-state index is 0.115. The first kappa shape index (κ1) is 18.6. The number of thiophene rings is 1. The molecular formula is C20H23N5O2S. The average Bonchev–Trinajstić information content (AvgIpc) is 3.32. The molecule has 0 aromatic carbocycles. The summed E-state index contributed by atoms with van der Waals surface area (Å²) in [5.41, 5.74) is 1.04. The summed E-state index contributed by atoms with van der Waals surface area (Å²) in [6.45, 7) is 8.53. The highest BCUT2D eigenvalue weighted by Gasteiger charge is 2.41. The summed E-state index contributed by atoms with van der Waals surface area (Å²) in [4.78, 5) is 33.3. The lowest BCUT2D eigenvalue weighted by atomic mass is 9.97. The molecule has 1 aliphatic heterocycles. The zero-order valence-corrected chi connectivity index (χ0v) is 17.2. The molecule has 0 radical (unpaired) electrons. The Morgan fingerprint density at radius 1 is 1.36 bits per heavy atom. The summed E-state index contributed by atoms with van der Waals surface area (Å²) < 4.78 is 1.83. The summed E-state index contributed by atoms with van der Waals surface area (Å²) >= 11 is 1.58. The number of carbonyl (C=O) groups is 2. The molecule has 1 N–H and O–H groups in total. The second kappa shape index (κ2) is 6.70. The van der Waals surface area contributed by atoms with Crippen LogP contribution in [0.4, 0.5) is 0 Å². The lowest BCUT2D eigenvalue weighted by molar-refractivity contribution is -0.133. The number of hydrogen-bond donors (Lipinski definition) is 1. The highest BCUT2D eigenvalue weighted by Crippen LogP contribution is 2.31. The number of pyridine rings is 1. The van der Waals surface area contributed by atoms with Crippen molar-refractivity contribution in [2.45, 2.75) is 39.3 Å².